The zero-order valence-electron chi connectivity index (χ0n) is 21.4. The van der Waals surface area contributed by atoms with Gasteiger partial charge in [0.15, 0.2) is 21.3 Å². The van der Waals surface area contributed by atoms with Crippen LogP contribution in [0.15, 0.2) is 47.4 Å². The summed E-state index contributed by atoms with van der Waals surface area (Å²) >= 11 is 0. The minimum atomic E-state index is -3.58. The van der Waals surface area contributed by atoms with Gasteiger partial charge in [-0.05, 0) is 81.4 Å². The molecule has 0 unspecified atom stereocenters. The maximum Gasteiger partial charge on any atom is 0.191 e. The summed E-state index contributed by atoms with van der Waals surface area (Å²) in [6.07, 6.45) is 8.40. The van der Waals surface area contributed by atoms with Gasteiger partial charge in [-0.15, -0.1) is 0 Å². The highest BCUT2D eigenvalue weighted by Crippen LogP contribution is 2.34. The maximum atomic E-state index is 13.5. The van der Waals surface area contributed by atoms with Gasteiger partial charge < -0.3 is 14.2 Å². The van der Waals surface area contributed by atoms with Crippen LogP contribution >= 0.6 is 0 Å². The molecule has 2 aromatic carbocycles. The summed E-state index contributed by atoms with van der Waals surface area (Å²) in [6.45, 7) is 6.91. The summed E-state index contributed by atoms with van der Waals surface area (Å²) in [5, 5.41) is 0. The van der Waals surface area contributed by atoms with Crippen LogP contribution in [0.5, 0.6) is 17.2 Å². The highest BCUT2D eigenvalue weighted by atomic mass is 32.2. The second-order valence-corrected chi connectivity index (χ2v) is 12.3. The van der Waals surface area contributed by atoms with E-state index in [1.807, 2.05) is 19.9 Å². The highest BCUT2D eigenvalue weighted by Gasteiger charge is 2.30. The van der Waals surface area contributed by atoms with E-state index in [1.165, 1.54) is 14.2 Å². The fourth-order valence-corrected chi connectivity index (χ4v) is 6.40. The van der Waals surface area contributed by atoms with Crippen LogP contribution in [0.2, 0.25) is 0 Å². The largest absolute Gasteiger partial charge is 0.493 e. The summed E-state index contributed by atoms with van der Waals surface area (Å²) in [4.78, 5) is 2.38. The number of hydrogen-bond acceptors (Lipinski definition) is 6. The number of sulfone groups is 1. The van der Waals surface area contributed by atoms with Gasteiger partial charge in [-0.1, -0.05) is 19.1 Å². The van der Waals surface area contributed by atoms with Gasteiger partial charge in [-0.3, -0.25) is 4.90 Å². The predicted molar refractivity (Wildman–Crippen MR) is 139 cm³/mol. The molecule has 1 aliphatic carbocycles. The Labute approximate surface area is 209 Å². The lowest BCUT2D eigenvalue weighted by Crippen LogP contribution is -2.40. The topological polar surface area (TPSA) is 65.1 Å². The second kappa shape index (κ2) is 10.2. The van der Waals surface area contributed by atoms with Crippen molar-refractivity contribution in [1.82, 2.24) is 4.90 Å². The highest BCUT2D eigenvalue weighted by molar-refractivity contribution is 7.91. The van der Waals surface area contributed by atoms with Gasteiger partial charge >= 0.3 is 0 Å². The summed E-state index contributed by atoms with van der Waals surface area (Å²) in [5.41, 5.74) is 1.78. The molecule has 35 heavy (non-hydrogen) atoms. The van der Waals surface area contributed by atoms with E-state index in [0.717, 1.165) is 42.6 Å². The van der Waals surface area contributed by atoms with Crippen molar-refractivity contribution in [2.24, 2.45) is 5.92 Å². The monoisotopic (exact) mass is 499 g/mol. The van der Waals surface area contributed by atoms with Crippen molar-refractivity contribution >= 4 is 15.9 Å². The molecule has 1 aliphatic heterocycles. The molecule has 0 bridgehead atoms. The van der Waals surface area contributed by atoms with E-state index in [1.54, 1.807) is 18.2 Å². The first kappa shape index (κ1) is 25.6. The van der Waals surface area contributed by atoms with Crippen LogP contribution in [0.3, 0.4) is 0 Å². The van der Waals surface area contributed by atoms with Crippen molar-refractivity contribution in [2.75, 3.05) is 20.1 Å². The van der Waals surface area contributed by atoms with Gasteiger partial charge in [0, 0.05) is 24.2 Å². The van der Waals surface area contributed by atoms with E-state index in [0.29, 0.717) is 24.0 Å². The van der Waals surface area contributed by atoms with Gasteiger partial charge in [0.25, 0.3) is 0 Å². The molecule has 0 amide bonds. The summed E-state index contributed by atoms with van der Waals surface area (Å²) in [7, 11) is -0.529. The fraction of sp³-hybridized carbons (Fsp3) is 0.500. The molecule has 6 nitrogen and oxygen atoms in total. The fourth-order valence-electron chi connectivity index (χ4n) is 4.95. The van der Waals surface area contributed by atoms with Crippen molar-refractivity contribution in [3.63, 3.8) is 0 Å². The first-order valence-electron chi connectivity index (χ1n) is 12.3. The van der Waals surface area contributed by atoms with Crippen molar-refractivity contribution in [3.8, 4) is 17.2 Å². The van der Waals surface area contributed by atoms with Crippen LogP contribution in [-0.4, -0.2) is 45.1 Å². The molecule has 0 radical (unpaired) electrons. The second-order valence-electron chi connectivity index (χ2n) is 10.3. The van der Waals surface area contributed by atoms with Crippen LogP contribution in [0.1, 0.15) is 57.6 Å². The number of fused-ring (bicyclic) bond motifs is 1. The molecular weight excluding hydrogens is 462 g/mol. The van der Waals surface area contributed by atoms with Crippen molar-refractivity contribution in [2.45, 2.75) is 69.5 Å². The zero-order valence-corrected chi connectivity index (χ0v) is 22.2. The first-order valence-corrected chi connectivity index (χ1v) is 14.0. The third-order valence-corrected chi connectivity index (χ3v) is 8.69. The van der Waals surface area contributed by atoms with Crippen molar-refractivity contribution < 1.29 is 22.6 Å². The Kier molecular flexibility index (Phi) is 7.48. The molecule has 1 fully saturated rings. The van der Waals surface area contributed by atoms with Crippen molar-refractivity contribution in [1.29, 1.82) is 0 Å². The van der Waals surface area contributed by atoms with Gasteiger partial charge in [0.05, 0.1) is 19.1 Å². The quantitative estimate of drug-likeness (QED) is 0.464. The Morgan fingerprint density at radius 1 is 1.00 bits per heavy atom. The van der Waals surface area contributed by atoms with Crippen LogP contribution in [-0.2, 0) is 16.4 Å². The predicted octanol–water partition coefficient (Wildman–Crippen LogP) is 5.70. The number of nitrogens with zero attached hydrogens (tertiary/aromatic N) is 1. The lowest BCUT2D eigenvalue weighted by molar-refractivity contribution is 0.152. The average molecular weight is 500 g/mol. The Morgan fingerprint density at radius 2 is 1.71 bits per heavy atom. The lowest BCUT2D eigenvalue weighted by atomic mass is 9.86. The molecule has 2 aromatic rings. The van der Waals surface area contributed by atoms with E-state index < -0.39 is 9.84 Å². The maximum absolute atomic E-state index is 13.5. The number of rotatable bonds is 8. The van der Waals surface area contributed by atoms with Gasteiger partial charge in [0.1, 0.15) is 17.2 Å². The minimum Gasteiger partial charge on any atom is -0.493 e. The standard InChI is InChI=1S/C28H37NO5S/c1-20-6-9-23(10-7-20)29(18-21-8-12-25-22(16-21)14-15-28(2,3)34-25)19-35(30,31)24-11-13-26(32-4)27(17-24)33-5/h8,11-17,20,23H,6-7,9-10,18-19H2,1-5H3. The number of ether oxygens (including phenoxy) is 3. The summed E-state index contributed by atoms with van der Waals surface area (Å²) in [5.74, 6) is 2.42. The molecule has 2 aliphatic rings. The SMILES string of the molecule is COc1ccc(S(=O)(=O)CN(Cc2ccc3c(c2)C=CC(C)(C)O3)C2CCC(C)CC2)cc1OC. The number of methoxy groups -OCH3 is 2. The van der Waals surface area contributed by atoms with E-state index in [-0.39, 0.29) is 22.4 Å². The Balaban J connectivity index is 1.60. The summed E-state index contributed by atoms with van der Waals surface area (Å²) < 4.78 is 43.8. The number of benzene rings is 2. The molecule has 190 valence electrons. The minimum absolute atomic E-state index is 0.0437. The number of hydrogen-bond donors (Lipinski definition) is 0. The van der Waals surface area contributed by atoms with Gasteiger partial charge in [0.2, 0.25) is 0 Å². The molecule has 0 spiro atoms. The summed E-state index contributed by atoms with van der Waals surface area (Å²) in [6, 6.07) is 11.2. The average Bonchev–Trinajstić information content (AvgIpc) is 2.83. The molecule has 0 aromatic heterocycles. The molecule has 0 atom stereocenters. The van der Waals surface area contributed by atoms with E-state index in [2.05, 4.69) is 36.1 Å². The first-order chi connectivity index (χ1) is 16.6. The lowest BCUT2D eigenvalue weighted by Gasteiger charge is -2.36. The van der Waals surface area contributed by atoms with E-state index in [9.17, 15) is 8.42 Å². The van der Waals surface area contributed by atoms with Gasteiger partial charge in [-0.25, -0.2) is 8.42 Å². The molecule has 1 heterocycles. The molecule has 4 rings (SSSR count). The van der Waals surface area contributed by atoms with Crippen LogP contribution in [0.4, 0.5) is 0 Å². The van der Waals surface area contributed by atoms with Crippen LogP contribution in [0.25, 0.3) is 6.08 Å². The van der Waals surface area contributed by atoms with Crippen molar-refractivity contribution in [3.05, 3.63) is 53.6 Å². The Hall–Kier alpha value is -2.51. The van der Waals surface area contributed by atoms with E-state index >= 15 is 0 Å². The molecule has 7 heteroatoms. The third-order valence-electron chi connectivity index (χ3n) is 7.05. The third kappa shape index (κ3) is 6.01. The Morgan fingerprint density at radius 3 is 2.40 bits per heavy atom. The molecule has 1 saturated carbocycles. The molecular formula is C28H37NO5S. The zero-order chi connectivity index (χ0) is 25.2. The van der Waals surface area contributed by atoms with Gasteiger partial charge in [-0.2, -0.15) is 0 Å². The normalized spacial score (nSPS) is 21.3. The molecule has 0 saturated heterocycles. The van der Waals surface area contributed by atoms with E-state index in [4.69, 9.17) is 14.2 Å². The smallest absolute Gasteiger partial charge is 0.191 e. The van der Waals surface area contributed by atoms with Crippen LogP contribution in [0, 0.1) is 5.92 Å². The molecule has 0 N–H and O–H groups in total. The Bertz CT molecular complexity index is 1180. The van der Waals surface area contributed by atoms with Crippen LogP contribution < -0.4 is 14.2 Å².